The van der Waals surface area contributed by atoms with Crippen LogP contribution in [0.5, 0.6) is 0 Å². The van der Waals surface area contributed by atoms with Crippen LogP contribution in [-0.4, -0.2) is 42.2 Å². The van der Waals surface area contributed by atoms with E-state index < -0.39 is 0 Å². The van der Waals surface area contributed by atoms with Crippen molar-refractivity contribution in [3.05, 3.63) is 28.8 Å². The van der Waals surface area contributed by atoms with Crippen LogP contribution in [0, 0.1) is 16.7 Å². The third-order valence-corrected chi connectivity index (χ3v) is 4.22. The Balaban J connectivity index is 1.99. The van der Waals surface area contributed by atoms with Gasteiger partial charge in [0, 0.05) is 23.6 Å². The second kappa shape index (κ2) is 7.10. The van der Waals surface area contributed by atoms with E-state index in [4.69, 9.17) is 16.9 Å². The van der Waals surface area contributed by atoms with E-state index in [0.717, 1.165) is 19.4 Å². The maximum Gasteiger partial charge on any atom is 0.238 e. The predicted molar refractivity (Wildman–Crippen MR) is 85.7 cm³/mol. The summed E-state index contributed by atoms with van der Waals surface area (Å²) in [6, 6.07) is 6.81. The predicted octanol–water partition coefficient (Wildman–Crippen LogP) is 2.24. The first kappa shape index (κ1) is 16.8. The zero-order valence-electron chi connectivity index (χ0n) is 12.6. The molecular weight excluding hydrogens is 302 g/mol. The molecule has 118 valence electrons. The molecule has 2 rings (SSSR count). The van der Waals surface area contributed by atoms with Crippen LogP contribution in [0.1, 0.15) is 25.3 Å². The molecule has 1 heterocycles. The van der Waals surface area contributed by atoms with Crippen LogP contribution in [0.4, 0.5) is 5.69 Å². The minimum atomic E-state index is -0.180. The van der Waals surface area contributed by atoms with Crippen LogP contribution in [0.2, 0.25) is 5.02 Å². The van der Waals surface area contributed by atoms with Crippen LogP contribution < -0.4 is 5.32 Å². The van der Waals surface area contributed by atoms with Crippen LogP contribution in [-0.2, 0) is 4.79 Å². The lowest BCUT2D eigenvalue weighted by molar-refractivity contribution is -0.118. The van der Waals surface area contributed by atoms with Gasteiger partial charge in [-0.2, -0.15) is 5.26 Å². The summed E-state index contributed by atoms with van der Waals surface area (Å²) in [4.78, 5) is 14.2. The summed E-state index contributed by atoms with van der Waals surface area (Å²) in [6.07, 6.45) is 1.93. The second-order valence-corrected chi connectivity index (χ2v) is 6.57. The molecule has 0 aliphatic carbocycles. The molecule has 6 heteroatoms. The molecule has 1 saturated heterocycles. The molecule has 1 fully saturated rings. The van der Waals surface area contributed by atoms with Crippen molar-refractivity contribution in [2.24, 2.45) is 5.41 Å². The van der Waals surface area contributed by atoms with Gasteiger partial charge in [0.15, 0.2) is 0 Å². The first-order valence-electron chi connectivity index (χ1n) is 7.28. The molecule has 5 nitrogen and oxygen atoms in total. The number of likely N-dealkylation sites (tertiary alicyclic amines) is 1. The van der Waals surface area contributed by atoms with Gasteiger partial charge in [-0.25, -0.2) is 0 Å². The number of carbonyl (C=O) groups excluding carboxylic acids is 1. The lowest BCUT2D eigenvalue weighted by atomic mass is 9.83. The van der Waals surface area contributed by atoms with E-state index in [1.165, 1.54) is 0 Å². The number of rotatable bonds is 4. The number of carbonyl (C=O) groups is 1. The summed E-state index contributed by atoms with van der Waals surface area (Å²) >= 11 is 5.91. The van der Waals surface area contributed by atoms with Gasteiger partial charge in [-0.1, -0.05) is 18.5 Å². The van der Waals surface area contributed by atoms with Crippen molar-refractivity contribution >= 4 is 23.2 Å². The number of benzene rings is 1. The molecule has 0 bridgehead atoms. The molecule has 22 heavy (non-hydrogen) atoms. The number of amides is 1. The van der Waals surface area contributed by atoms with Crippen molar-refractivity contribution < 1.29 is 9.90 Å². The van der Waals surface area contributed by atoms with Crippen molar-refractivity contribution in [2.45, 2.75) is 19.8 Å². The highest BCUT2D eigenvalue weighted by Gasteiger charge is 2.31. The first-order valence-corrected chi connectivity index (χ1v) is 7.66. The lowest BCUT2D eigenvalue weighted by Gasteiger charge is -2.38. The molecule has 1 aromatic carbocycles. The highest BCUT2D eigenvalue weighted by molar-refractivity contribution is 6.31. The van der Waals surface area contributed by atoms with E-state index in [2.05, 4.69) is 5.32 Å². The van der Waals surface area contributed by atoms with E-state index in [9.17, 15) is 9.90 Å². The number of anilines is 1. The van der Waals surface area contributed by atoms with Crippen LogP contribution in [0.25, 0.3) is 0 Å². The molecule has 1 amide bonds. The Morgan fingerprint density at radius 1 is 1.59 bits per heavy atom. The molecule has 1 atom stereocenters. The minimum absolute atomic E-state index is 0.123. The molecule has 1 aliphatic rings. The third-order valence-electron chi connectivity index (χ3n) is 3.99. The van der Waals surface area contributed by atoms with Crippen LogP contribution >= 0.6 is 11.6 Å². The number of hydrogen-bond donors (Lipinski definition) is 2. The second-order valence-electron chi connectivity index (χ2n) is 6.13. The largest absolute Gasteiger partial charge is 0.396 e. The third kappa shape index (κ3) is 4.20. The normalized spacial score (nSPS) is 22.1. The monoisotopic (exact) mass is 321 g/mol. The average Bonchev–Trinajstić information content (AvgIpc) is 2.47. The van der Waals surface area contributed by atoms with Gasteiger partial charge < -0.3 is 10.4 Å². The summed E-state index contributed by atoms with van der Waals surface area (Å²) < 4.78 is 0. The average molecular weight is 322 g/mol. The molecule has 1 unspecified atom stereocenters. The highest BCUT2D eigenvalue weighted by atomic mass is 35.5. The number of piperidine rings is 1. The zero-order chi connectivity index (χ0) is 16.2. The summed E-state index contributed by atoms with van der Waals surface area (Å²) in [6.45, 7) is 3.92. The standard InChI is InChI=1S/C16H20ClN3O2/c1-16(11-21)5-2-6-20(10-16)9-15(22)19-14-7-13(17)4-3-12(14)8-18/h3-4,7,21H,2,5-6,9-11H2,1H3,(H,19,22). The summed E-state index contributed by atoms with van der Waals surface area (Å²) in [5.41, 5.74) is 0.672. The maximum atomic E-state index is 12.2. The fraction of sp³-hybridized carbons (Fsp3) is 0.500. The SMILES string of the molecule is CC1(CO)CCCN(CC(=O)Nc2cc(Cl)ccc2C#N)C1. The Labute approximate surface area is 135 Å². The van der Waals surface area contributed by atoms with Crippen LogP contribution in [0.15, 0.2) is 18.2 Å². The van der Waals surface area contributed by atoms with Gasteiger partial charge in [0.25, 0.3) is 0 Å². The lowest BCUT2D eigenvalue weighted by Crippen LogP contribution is -2.46. The minimum Gasteiger partial charge on any atom is -0.396 e. The van der Waals surface area contributed by atoms with E-state index in [-0.39, 0.29) is 24.5 Å². The molecule has 2 N–H and O–H groups in total. The summed E-state index contributed by atoms with van der Waals surface area (Å²) in [5, 5.41) is 21.7. The van der Waals surface area contributed by atoms with Gasteiger partial charge in [-0.15, -0.1) is 0 Å². The van der Waals surface area contributed by atoms with Crippen molar-refractivity contribution in [3.63, 3.8) is 0 Å². The summed E-state index contributed by atoms with van der Waals surface area (Å²) in [7, 11) is 0. The maximum absolute atomic E-state index is 12.2. The van der Waals surface area contributed by atoms with Crippen molar-refractivity contribution in [1.82, 2.24) is 4.90 Å². The quantitative estimate of drug-likeness (QED) is 0.891. The first-order chi connectivity index (χ1) is 10.5. The molecular formula is C16H20ClN3O2. The fourth-order valence-electron chi connectivity index (χ4n) is 2.80. The van der Waals surface area contributed by atoms with Crippen LogP contribution in [0.3, 0.4) is 0 Å². The molecule has 0 saturated carbocycles. The van der Waals surface area contributed by atoms with Gasteiger partial charge in [0.1, 0.15) is 6.07 Å². The number of halogens is 1. The number of nitrogens with one attached hydrogen (secondary N) is 1. The number of aliphatic hydroxyl groups is 1. The van der Waals surface area contributed by atoms with E-state index in [1.54, 1.807) is 18.2 Å². The van der Waals surface area contributed by atoms with Gasteiger partial charge in [0.2, 0.25) is 5.91 Å². The van der Waals surface area contributed by atoms with Crippen molar-refractivity contribution in [2.75, 3.05) is 31.6 Å². The summed E-state index contributed by atoms with van der Waals surface area (Å²) in [5.74, 6) is -0.180. The Hall–Kier alpha value is -1.61. The topological polar surface area (TPSA) is 76.4 Å². The van der Waals surface area contributed by atoms with Gasteiger partial charge in [-0.3, -0.25) is 9.69 Å². The number of hydrogen-bond acceptors (Lipinski definition) is 4. The number of nitrogens with zero attached hydrogens (tertiary/aromatic N) is 2. The smallest absolute Gasteiger partial charge is 0.238 e. The van der Waals surface area contributed by atoms with Crippen molar-refractivity contribution in [1.29, 1.82) is 5.26 Å². The Kier molecular flexibility index (Phi) is 5.41. The van der Waals surface area contributed by atoms with E-state index >= 15 is 0 Å². The van der Waals surface area contributed by atoms with Gasteiger partial charge >= 0.3 is 0 Å². The van der Waals surface area contributed by atoms with E-state index in [0.29, 0.717) is 22.8 Å². The molecule has 1 aromatic rings. The number of nitriles is 1. The molecule has 0 aromatic heterocycles. The molecule has 1 aliphatic heterocycles. The fourth-order valence-corrected chi connectivity index (χ4v) is 2.97. The highest BCUT2D eigenvalue weighted by Crippen LogP contribution is 2.28. The Morgan fingerprint density at radius 2 is 2.36 bits per heavy atom. The Morgan fingerprint density at radius 3 is 3.05 bits per heavy atom. The Bertz CT molecular complexity index is 600. The van der Waals surface area contributed by atoms with Crippen molar-refractivity contribution in [3.8, 4) is 6.07 Å². The molecule has 0 radical (unpaired) electrons. The van der Waals surface area contributed by atoms with E-state index in [1.807, 2.05) is 17.9 Å². The van der Waals surface area contributed by atoms with Gasteiger partial charge in [0.05, 0.1) is 17.8 Å². The van der Waals surface area contributed by atoms with Gasteiger partial charge in [-0.05, 0) is 37.6 Å². The number of aliphatic hydroxyl groups excluding tert-OH is 1. The molecule has 0 spiro atoms. The zero-order valence-corrected chi connectivity index (χ0v) is 13.4.